The lowest BCUT2D eigenvalue weighted by Gasteiger charge is -1.69. The predicted molar refractivity (Wildman–Crippen MR) is 71.5 cm³/mol. The van der Waals surface area contributed by atoms with Crippen molar-refractivity contribution in [3.63, 3.8) is 0 Å². The fourth-order valence-corrected chi connectivity index (χ4v) is 1.26. The molecule has 3 aromatic rings. The van der Waals surface area contributed by atoms with Crippen LogP contribution < -0.4 is 0 Å². The Balaban J connectivity index is 0.000000135. The standard InChI is InChI=1S/2C5H6O.C3H4N2S/c1-5-2-3-6-4-5;1-5-3-2-4-6-5;1-3-5-4-2-6-3/h2*2-4H,1H3;2H,1H3. The Morgan fingerprint density at radius 3 is 2.11 bits per heavy atom. The highest BCUT2D eigenvalue weighted by atomic mass is 32.1. The van der Waals surface area contributed by atoms with Crippen LogP contribution in [0, 0.1) is 20.8 Å². The third-order valence-corrected chi connectivity index (χ3v) is 2.42. The van der Waals surface area contributed by atoms with Crippen molar-refractivity contribution < 1.29 is 8.83 Å². The number of nitrogens with zero attached hydrogens (tertiary/aromatic N) is 2. The van der Waals surface area contributed by atoms with Gasteiger partial charge in [0, 0.05) is 0 Å². The van der Waals surface area contributed by atoms with Gasteiger partial charge in [0.15, 0.2) is 0 Å². The molecule has 0 bridgehead atoms. The van der Waals surface area contributed by atoms with Crippen LogP contribution in [0.4, 0.5) is 0 Å². The Morgan fingerprint density at radius 1 is 1.11 bits per heavy atom. The van der Waals surface area contributed by atoms with Gasteiger partial charge in [-0.1, -0.05) is 0 Å². The van der Waals surface area contributed by atoms with Crippen molar-refractivity contribution in [3.8, 4) is 0 Å². The third kappa shape index (κ3) is 6.65. The van der Waals surface area contributed by atoms with Crippen LogP contribution in [0.1, 0.15) is 16.3 Å². The molecule has 3 rings (SSSR count). The number of hydrogen-bond donors (Lipinski definition) is 0. The summed E-state index contributed by atoms with van der Waals surface area (Å²) in [5.74, 6) is 0.968. The van der Waals surface area contributed by atoms with Gasteiger partial charge in [0.25, 0.3) is 0 Å². The third-order valence-electron chi connectivity index (χ3n) is 1.80. The SMILES string of the molecule is Cc1ccco1.Cc1ccoc1.Cc1nncs1. The minimum Gasteiger partial charge on any atom is -0.472 e. The minimum absolute atomic E-state index is 0.968. The first-order valence-electron chi connectivity index (χ1n) is 5.40. The van der Waals surface area contributed by atoms with Crippen molar-refractivity contribution in [1.29, 1.82) is 0 Å². The maximum Gasteiger partial charge on any atom is 0.114 e. The van der Waals surface area contributed by atoms with E-state index in [-0.39, 0.29) is 0 Å². The summed E-state index contributed by atoms with van der Waals surface area (Å²) in [6.45, 7) is 5.83. The van der Waals surface area contributed by atoms with Gasteiger partial charge in [-0.15, -0.1) is 21.5 Å². The molecular formula is C13H16N2O2S. The lowest BCUT2D eigenvalue weighted by molar-refractivity contribution is 0.534. The first-order valence-corrected chi connectivity index (χ1v) is 6.28. The zero-order valence-corrected chi connectivity index (χ0v) is 11.5. The fraction of sp³-hybridized carbons (Fsp3) is 0.231. The second-order valence-electron chi connectivity index (χ2n) is 3.48. The van der Waals surface area contributed by atoms with E-state index in [0.717, 1.165) is 10.8 Å². The molecule has 0 fully saturated rings. The molecule has 0 aromatic carbocycles. The van der Waals surface area contributed by atoms with E-state index in [1.54, 1.807) is 35.6 Å². The zero-order valence-electron chi connectivity index (χ0n) is 10.7. The largest absolute Gasteiger partial charge is 0.472 e. The van der Waals surface area contributed by atoms with E-state index >= 15 is 0 Å². The summed E-state index contributed by atoms with van der Waals surface area (Å²) in [7, 11) is 0. The molecule has 0 aliphatic rings. The maximum atomic E-state index is 4.83. The average Bonchev–Trinajstić information content (AvgIpc) is 3.05. The highest BCUT2D eigenvalue weighted by molar-refractivity contribution is 7.09. The van der Waals surface area contributed by atoms with Gasteiger partial charge in [-0.3, -0.25) is 0 Å². The molecule has 4 nitrogen and oxygen atoms in total. The Morgan fingerprint density at radius 2 is 1.94 bits per heavy atom. The van der Waals surface area contributed by atoms with Gasteiger partial charge < -0.3 is 8.83 Å². The van der Waals surface area contributed by atoms with Gasteiger partial charge in [0.1, 0.15) is 16.3 Å². The lowest BCUT2D eigenvalue weighted by Crippen LogP contribution is -1.64. The second kappa shape index (κ2) is 8.25. The summed E-state index contributed by atoms with van der Waals surface area (Å²) < 4.78 is 9.55. The van der Waals surface area contributed by atoms with Crippen molar-refractivity contribution >= 4 is 11.3 Å². The molecule has 18 heavy (non-hydrogen) atoms. The monoisotopic (exact) mass is 264 g/mol. The highest BCUT2D eigenvalue weighted by Gasteiger charge is 1.78. The summed E-state index contributed by atoms with van der Waals surface area (Å²) in [6, 6.07) is 5.70. The average molecular weight is 264 g/mol. The Labute approximate surface area is 110 Å². The van der Waals surface area contributed by atoms with E-state index in [1.165, 1.54) is 5.56 Å². The number of rotatable bonds is 0. The van der Waals surface area contributed by atoms with Crippen molar-refractivity contribution in [1.82, 2.24) is 10.2 Å². The number of furan rings is 2. The first kappa shape index (κ1) is 14.2. The summed E-state index contributed by atoms with van der Waals surface area (Å²) >= 11 is 1.56. The Hall–Kier alpha value is -1.88. The van der Waals surface area contributed by atoms with Gasteiger partial charge >= 0.3 is 0 Å². The van der Waals surface area contributed by atoms with Crippen molar-refractivity contribution in [2.45, 2.75) is 20.8 Å². The van der Waals surface area contributed by atoms with Gasteiger partial charge in [-0.2, -0.15) is 0 Å². The molecule has 0 atom stereocenters. The second-order valence-corrected chi connectivity index (χ2v) is 4.52. The molecule has 0 aliphatic carbocycles. The van der Waals surface area contributed by atoms with Gasteiger partial charge in [0.2, 0.25) is 0 Å². The van der Waals surface area contributed by atoms with Crippen LogP contribution >= 0.6 is 11.3 Å². The molecule has 0 unspecified atom stereocenters. The molecule has 0 saturated heterocycles. The Kier molecular flexibility index (Phi) is 6.50. The molecule has 96 valence electrons. The number of hydrogen-bond acceptors (Lipinski definition) is 5. The predicted octanol–water partition coefficient (Wildman–Crippen LogP) is 4.02. The van der Waals surface area contributed by atoms with Crippen molar-refractivity contribution in [2.24, 2.45) is 0 Å². The van der Waals surface area contributed by atoms with E-state index in [9.17, 15) is 0 Å². The van der Waals surface area contributed by atoms with Crippen LogP contribution in [0.5, 0.6) is 0 Å². The summed E-state index contributed by atoms with van der Waals surface area (Å²) in [6.07, 6.45) is 5.03. The van der Waals surface area contributed by atoms with Gasteiger partial charge in [-0.05, 0) is 44.5 Å². The van der Waals surface area contributed by atoms with Gasteiger partial charge in [-0.25, -0.2) is 0 Å². The molecule has 0 spiro atoms. The van der Waals surface area contributed by atoms with Crippen LogP contribution in [0.15, 0.2) is 51.3 Å². The maximum absolute atomic E-state index is 4.83. The molecule has 0 amide bonds. The quantitative estimate of drug-likeness (QED) is 0.615. The number of aryl methyl sites for hydroxylation is 3. The first-order chi connectivity index (χ1) is 8.68. The summed E-state index contributed by atoms with van der Waals surface area (Å²) in [5.41, 5.74) is 2.89. The molecule has 3 aromatic heterocycles. The molecular weight excluding hydrogens is 248 g/mol. The van der Waals surface area contributed by atoms with E-state index < -0.39 is 0 Å². The van der Waals surface area contributed by atoms with E-state index in [2.05, 4.69) is 10.2 Å². The molecule has 0 N–H and O–H groups in total. The normalized spacial score (nSPS) is 8.83. The molecule has 5 heteroatoms. The van der Waals surface area contributed by atoms with Crippen LogP contribution in [-0.2, 0) is 0 Å². The fourth-order valence-electron chi connectivity index (χ4n) is 0.921. The lowest BCUT2D eigenvalue weighted by atomic mass is 10.4. The number of aromatic nitrogens is 2. The van der Waals surface area contributed by atoms with Gasteiger partial charge in [0.05, 0.1) is 18.8 Å². The van der Waals surface area contributed by atoms with Crippen LogP contribution in [0.2, 0.25) is 0 Å². The molecule has 0 saturated carbocycles. The smallest absolute Gasteiger partial charge is 0.114 e. The highest BCUT2D eigenvalue weighted by Crippen LogP contribution is 1.95. The van der Waals surface area contributed by atoms with Crippen molar-refractivity contribution in [3.05, 3.63) is 58.8 Å². The van der Waals surface area contributed by atoms with E-state index in [0.29, 0.717) is 0 Å². The topological polar surface area (TPSA) is 52.1 Å². The molecule has 3 heterocycles. The van der Waals surface area contributed by atoms with Crippen molar-refractivity contribution in [2.75, 3.05) is 0 Å². The minimum atomic E-state index is 0.968. The molecule has 0 radical (unpaired) electrons. The van der Waals surface area contributed by atoms with Crippen LogP contribution in [0.3, 0.4) is 0 Å². The van der Waals surface area contributed by atoms with E-state index in [1.807, 2.05) is 39.0 Å². The summed E-state index contributed by atoms with van der Waals surface area (Å²) in [4.78, 5) is 0. The summed E-state index contributed by atoms with van der Waals surface area (Å²) in [5, 5.41) is 8.30. The Bertz CT molecular complexity index is 410. The van der Waals surface area contributed by atoms with E-state index in [4.69, 9.17) is 8.83 Å². The van der Waals surface area contributed by atoms with Crippen LogP contribution in [0.25, 0.3) is 0 Å². The zero-order chi connectivity index (χ0) is 13.2. The van der Waals surface area contributed by atoms with Crippen LogP contribution in [-0.4, -0.2) is 10.2 Å². The molecule has 0 aliphatic heterocycles.